The first-order valence-electron chi connectivity index (χ1n) is 7.42. The summed E-state index contributed by atoms with van der Waals surface area (Å²) in [5, 5.41) is 1.06. The topological polar surface area (TPSA) is 29.5 Å². The summed E-state index contributed by atoms with van der Waals surface area (Å²) in [5.74, 6) is 0.243. The Kier molecular flexibility index (Phi) is 4.64. The van der Waals surface area contributed by atoms with Gasteiger partial charge in [0, 0.05) is 33.5 Å². The molecular formula is C16H21NO2S2. The third kappa shape index (κ3) is 2.89. The molecule has 2 aliphatic rings. The summed E-state index contributed by atoms with van der Waals surface area (Å²) in [4.78, 5) is 17.9. The minimum absolute atomic E-state index is 0.243. The molecule has 1 saturated heterocycles. The lowest BCUT2D eigenvalue weighted by Gasteiger charge is -2.41. The predicted molar refractivity (Wildman–Crippen MR) is 88.4 cm³/mol. The van der Waals surface area contributed by atoms with Crippen LogP contribution in [0.15, 0.2) is 28.0 Å². The number of morpholine rings is 1. The molecular weight excluding hydrogens is 302 g/mol. The van der Waals surface area contributed by atoms with Crippen LogP contribution in [0.1, 0.15) is 30.6 Å². The number of ketones is 1. The van der Waals surface area contributed by atoms with Gasteiger partial charge in [0.2, 0.25) is 0 Å². The van der Waals surface area contributed by atoms with E-state index in [0.29, 0.717) is 0 Å². The molecule has 1 aromatic carbocycles. The molecule has 0 bridgehead atoms. The molecule has 0 saturated carbocycles. The second kappa shape index (κ2) is 6.32. The van der Waals surface area contributed by atoms with E-state index in [2.05, 4.69) is 30.9 Å². The van der Waals surface area contributed by atoms with E-state index in [-0.39, 0.29) is 5.78 Å². The summed E-state index contributed by atoms with van der Waals surface area (Å²) in [6.45, 7) is 7.30. The molecule has 0 amide bonds. The van der Waals surface area contributed by atoms with Gasteiger partial charge in [-0.3, -0.25) is 9.69 Å². The Balaban J connectivity index is 1.87. The smallest absolute Gasteiger partial charge is 0.182 e. The third-order valence-electron chi connectivity index (χ3n) is 4.52. The van der Waals surface area contributed by atoms with Crippen molar-refractivity contribution < 1.29 is 9.53 Å². The van der Waals surface area contributed by atoms with Crippen LogP contribution in [-0.2, 0) is 4.74 Å². The van der Waals surface area contributed by atoms with Gasteiger partial charge in [-0.05, 0) is 25.5 Å². The van der Waals surface area contributed by atoms with Crippen molar-refractivity contribution in [2.75, 3.05) is 31.4 Å². The van der Waals surface area contributed by atoms with Crippen LogP contribution in [0.5, 0.6) is 0 Å². The summed E-state index contributed by atoms with van der Waals surface area (Å²) in [6, 6.07) is 6.17. The lowest BCUT2D eigenvalue weighted by atomic mass is 9.86. The van der Waals surface area contributed by atoms with Crippen LogP contribution in [0.3, 0.4) is 0 Å². The molecule has 1 unspecified atom stereocenters. The van der Waals surface area contributed by atoms with Crippen molar-refractivity contribution in [1.29, 1.82) is 0 Å². The van der Waals surface area contributed by atoms with Crippen LogP contribution in [0.25, 0.3) is 0 Å². The van der Waals surface area contributed by atoms with Crippen molar-refractivity contribution in [1.82, 2.24) is 4.90 Å². The van der Waals surface area contributed by atoms with Gasteiger partial charge in [0.25, 0.3) is 0 Å². The van der Waals surface area contributed by atoms with E-state index >= 15 is 0 Å². The number of carbonyl (C=O) groups is 1. The quantitative estimate of drug-likeness (QED) is 0.791. The Bertz CT molecular complexity index is 543. The Morgan fingerprint density at radius 3 is 2.71 bits per heavy atom. The van der Waals surface area contributed by atoms with Crippen LogP contribution in [0.4, 0.5) is 0 Å². The highest BCUT2D eigenvalue weighted by Gasteiger charge is 2.39. The fraction of sp³-hybridized carbons (Fsp3) is 0.562. The summed E-state index contributed by atoms with van der Waals surface area (Å²) >= 11 is 3.68. The molecule has 21 heavy (non-hydrogen) atoms. The second-order valence-corrected chi connectivity index (χ2v) is 8.02. The van der Waals surface area contributed by atoms with Gasteiger partial charge in [0.05, 0.1) is 18.8 Å². The molecule has 0 aromatic heterocycles. The van der Waals surface area contributed by atoms with E-state index in [1.54, 1.807) is 0 Å². The zero-order valence-corrected chi connectivity index (χ0v) is 14.2. The van der Waals surface area contributed by atoms with Crippen LogP contribution >= 0.6 is 23.5 Å². The molecule has 1 fully saturated rings. The van der Waals surface area contributed by atoms with Gasteiger partial charge in [-0.2, -0.15) is 0 Å². The Labute approximate surface area is 134 Å². The largest absolute Gasteiger partial charge is 0.379 e. The summed E-state index contributed by atoms with van der Waals surface area (Å²) in [5.41, 5.74) is 0.425. The number of fused-ring (bicyclic) bond motifs is 1. The maximum absolute atomic E-state index is 13.1. The van der Waals surface area contributed by atoms with Crippen molar-refractivity contribution in [3.63, 3.8) is 0 Å². The first kappa shape index (κ1) is 15.4. The zero-order valence-electron chi connectivity index (χ0n) is 12.6. The van der Waals surface area contributed by atoms with Gasteiger partial charge in [0.1, 0.15) is 0 Å². The molecule has 0 radical (unpaired) electrons. The molecule has 3 rings (SSSR count). The van der Waals surface area contributed by atoms with Gasteiger partial charge < -0.3 is 4.74 Å². The van der Waals surface area contributed by atoms with Gasteiger partial charge >= 0.3 is 0 Å². The molecule has 0 spiro atoms. The number of rotatable bonds is 4. The number of nitrogens with zero attached hydrogens (tertiary/aromatic N) is 1. The highest BCUT2D eigenvalue weighted by Crippen LogP contribution is 2.42. The maximum Gasteiger partial charge on any atom is 0.182 e. The van der Waals surface area contributed by atoms with Crippen LogP contribution in [0.2, 0.25) is 0 Å². The number of ether oxygens (including phenoxy) is 1. The number of hydrogen-bond acceptors (Lipinski definition) is 5. The number of carbonyl (C=O) groups excluding carboxylic acids is 1. The molecule has 2 aliphatic heterocycles. The summed E-state index contributed by atoms with van der Waals surface area (Å²) in [7, 11) is 0. The first-order chi connectivity index (χ1) is 10.1. The highest BCUT2D eigenvalue weighted by atomic mass is 32.2. The first-order valence-corrected chi connectivity index (χ1v) is 9.39. The fourth-order valence-electron chi connectivity index (χ4n) is 2.93. The number of hydrogen-bond donors (Lipinski definition) is 0. The molecule has 0 N–H and O–H groups in total. The summed E-state index contributed by atoms with van der Waals surface area (Å²) in [6.07, 6.45) is 0.824. The fourth-order valence-corrected chi connectivity index (χ4v) is 5.32. The van der Waals surface area contributed by atoms with Gasteiger partial charge in [-0.1, -0.05) is 13.0 Å². The zero-order chi connectivity index (χ0) is 14.9. The monoisotopic (exact) mass is 323 g/mol. The number of Topliss-reactive ketones (excluding diaryl/α,β-unsaturated/α-hetero) is 1. The standard InChI is InChI=1S/C16H21NO2S2/c1-3-16(2,17-6-8-19-9-7-17)15(18)12-4-5-13-14(10-12)21-11-20-13/h4-5,10H,3,6-9,11H2,1-2H3. The average Bonchev–Trinajstić information content (AvgIpc) is 3.01. The lowest BCUT2D eigenvalue weighted by molar-refractivity contribution is -0.0106. The van der Waals surface area contributed by atoms with Gasteiger partial charge in [0.15, 0.2) is 5.78 Å². The maximum atomic E-state index is 13.1. The minimum Gasteiger partial charge on any atom is -0.379 e. The average molecular weight is 323 g/mol. The molecule has 1 aromatic rings. The Morgan fingerprint density at radius 1 is 1.29 bits per heavy atom. The van der Waals surface area contributed by atoms with Gasteiger partial charge in [-0.15, -0.1) is 23.5 Å². The molecule has 5 heteroatoms. The van der Waals surface area contributed by atoms with Gasteiger partial charge in [-0.25, -0.2) is 0 Å². The van der Waals surface area contributed by atoms with E-state index in [4.69, 9.17) is 4.74 Å². The molecule has 2 heterocycles. The van der Waals surface area contributed by atoms with E-state index < -0.39 is 5.54 Å². The van der Waals surface area contributed by atoms with Crippen LogP contribution in [0, 0.1) is 0 Å². The third-order valence-corrected chi connectivity index (χ3v) is 6.91. The van der Waals surface area contributed by atoms with E-state index in [0.717, 1.165) is 43.4 Å². The number of thioether (sulfide) groups is 2. The Morgan fingerprint density at radius 2 is 2.00 bits per heavy atom. The molecule has 114 valence electrons. The normalized spacial score (nSPS) is 21.8. The number of benzene rings is 1. The van der Waals surface area contributed by atoms with E-state index in [9.17, 15) is 4.79 Å². The van der Waals surface area contributed by atoms with Crippen LogP contribution in [-0.4, -0.2) is 47.6 Å². The van der Waals surface area contributed by atoms with Crippen molar-refractivity contribution >= 4 is 29.3 Å². The molecule has 1 atom stereocenters. The van der Waals surface area contributed by atoms with E-state index in [1.807, 2.05) is 29.6 Å². The van der Waals surface area contributed by atoms with Crippen molar-refractivity contribution in [2.45, 2.75) is 35.6 Å². The van der Waals surface area contributed by atoms with E-state index in [1.165, 1.54) is 9.79 Å². The van der Waals surface area contributed by atoms with Crippen molar-refractivity contribution in [3.8, 4) is 0 Å². The van der Waals surface area contributed by atoms with Crippen LogP contribution < -0.4 is 0 Å². The minimum atomic E-state index is -0.422. The van der Waals surface area contributed by atoms with Crippen molar-refractivity contribution in [2.24, 2.45) is 0 Å². The molecule has 3 nitrogen and oxygen atoms in total. The summed E-state index contributed by atoms with van der Waals surface area (Å²) < 4.78 is 5.43. The predicted octanol–water partition coefficient (Wildman–Crippen LogP) is 3.53. The van der Waals surface area contributed by atoms with Crippen molar-refractivity contribution in [3.05, 3.63) is 23.8 Å². The SMILES string of the molecule is CCC(C)(C(=O)c1ccc2c(c1)SCS2)N1CCOCC1. The second-order valence-electron chi connectivity index (χ2n) is 5.62. The highest BCUT2D eigenvalue weighted by molar-refractivity contribution is 8.18. The lowest BCUT2D eigenvalue weighted by Crippen LogP contribution is -2.56. The molecule has 0 aliphatic carbocycles. The Hall–Kier alpha value is -0.490.